The van der Waals surface area contributed by atoms with Crippen molar-refractivity contribution in [3.05, 3.63) is 29.3 Å². The Hall–Kier alpha value is -1.06. The minimum Gasteiger partial charge on any atom is -0.494 e. The van der Waals surface area contributed by atoms with Gasteiger partial charge in [0.15, 0.2) is 0 Å². The molecule has 0 amide bonds. The second kappa shape index (κ2) is 7.81. The molecule has 2 atom stereocenters. The molecule has 1 heterocycles. The highest BCUT2D eigenvalue weighted by molar-refractivity contribution is 5.33. The molecule has 2 unspecified atom stereocenters. The fourth-order valence-electron chi connectivity index (χ4n) is 3.02. The van der Waals surface area contributed by atoms with Crippen molar-refractivity contribution < 1.29 is 4.74 Å². The molecule has 3 nitrogen and oxygen atoms in total. The largest absolute Gasteiger partial charge is 0.494 e. The minimum atomic E-state index is 0.666. The molecule has 2 rings (SSSR count). The second-order valence-electron chi connectivity index (χ2n) is 6.51. The SMILES string of the molecule is Cc1ccc(OCCCN2CCC(C)C(CN)C2)cc1C. The molecule has 1 aromatic carbocycles. The van der Waals surface area contributed by atoms with E-state index < -0.39 is 0 Å². The van der Waals surface area contributed by atoms with E-state index in [-0.39, 0.29) is 0 Å². The number of nitrogens with two attached hydrogens (primary N) is 1. The molecule has 2 N–H and O–H groups in total. The Labute approximate surface area is 129 Å². The topological polar surface area (TPSA) is 38.5 Å². The number of benzene rings is 1. The highest BCUT2D eigenvalue weighted by Gasteiger charge is 2.24. The lowest BCUT2D eigenvalue weighted by atomic mass is 9.87. The summed E-state index contributed by atoms with van der Waals surface area (Å²) in [6.07, 6.45) is 2.36. The van der Waals surface area contributed by atoms with Gasteiger partial charge in [0.1, 0.15) is 5.75 Å². The fraction of sp³-hybridized carbons (Fsp3) is 0.667. The van der Waals surface area contributed by atoms with Crippen molar-refractivity contribution >= 4 is 0 Å². The van der Waals surface area contributed by atoms with Crippen LogP contribution in [0.2, 0.25) is 0 Å². The third kappa shape index (κ3) is 4.72. The number of nitrogens with zero attached hydrogens (tertiary/aromatic N) is 1. The lowest BCUT2D eigenvalue weighted by Gasteiger charge is -2.36. The predicted octanol–water partition coefficient (Wildman–Crippen LogP) is 2.99. The molecule has 0 aliphatic carbocycles. The van der Waals surface area contributed by atoms with Gasteiger partial charge in [0.05, 0.1) is 6.61 Å². The van der Waals surface area contributed by atoms with Crippen LogP contribution in [-0.4, -0.2) is 37.7 Å². The van der Waals surface area contributed by atoms with E-state index in [2.05, 4.69) is 43.9 Å². The molecule has 0 bridgehead atoms. The molecular formula is C18H30N2O. The molecule has 0 aromatic heterocycles. The summed E-state index contributed by atoms with van der Waals surface area (Å²) in [7, 11) is 0. The van der Waals surface area contributed by atoms with Gasteiger partial charge in [0.2, 0.25) is 0 Å². The van der Waals surface area contributed by atoms with Crippen LogP contribution in [0, 0.1) is 25.7 Å². The van der Waals surface area contributed by atoms with Crippen molar-refractivity contribution in [2.75, 3.05) is 32.8 Å². The third-order valence-electron chi connectivity index (χ3n) is 4.87. The van der Waals surface area contributed by atoms with E-state index in [1.165, 1.54) is 24.1 Å². The van der Waals surface area contributed by atoms with Gasteiger partial charge in [-0.25, -0.2) is 0 Å². The van der Waals surface area contributed by atoms with Crippen molar-refractivity contribution in [2.24, 2.45) is 17.6 Å². The van der Waals surface area contributed by atoms with E-state index >= 15 is 0 Å². The molecule has 118 valence electrons. The summed E-state index contributed by atoms with van der Waals surface area (Å²) >= 11 is 0. The summed E-state index contributed by atoms with van der Waals surface area (Å²) in [5, 5.41) is 0. The number of aryl methyl sites for hydroxylation is 2. The van der Waals surface area contributed by atoms with E-state index in [0.29, 0.717) is 5.92 Å². The Morgan fingerprint density at radius 3 is 2.81 bits per heavy atom. The van der Waals surface area contributed by atoms with Crippen LogP contribution in [0.25, 0.3) is 0 Å². The van der Waals surface area contributed by atoms with Gasteiger partial charge < -0.3 is 15.4 Å². The standard InChI is InChI=1S/C18H30N2O/c1-14-5-6-18(11-16(14)3)21-10-4-8-20-9-7-15(2)17(12-19)13-20/h5-6,11,15,17H,4,7-10,12-13,19H2,1-3H3. The van der Waals surface area contributed by atoms with Crippen LogP contribution < -0.4 is 10.5 Å². The number of hydrogen-bond donors (Lipinski definition) is 1. The Morgan fingerprint density at radius 2 is 2.10 bits per heavy atom. The maximum absolute atomic E-state index is 5.86. The monoisotopic (exact) mass is 290 g/mol. The summed E-state index contributed by atoms with van der Waals surface area (Å²) < 4.78 is 5.86. The Morgan fingerprint density at radius 1 is 1.29 bits per heavy atom. The summed E-state index contributed by atoms with van der Waals surface area (Å²) in [6, 6.07) is 6.32. The van der Waals surface area contributed by atoms with Crippen LogP contribution in [0.3, 0.4) is 0 Å². The van der Waals surface area contributed by atoms with Crippen molar-refractivity contribution in [1.29, 1.82) is 0 Å². The zero-order valence-electron chi connectivity index (χ0n) is 13.8. The van der Waals surface area contributed by atoms with E-state index in [0.717, 1.165) is 44.3 Å². The number of ether oxygens (including phenoxy) is 1. The van der Waals surface area contributed by atoms with E-state index in [1.54, 1.807) is 0 Å². The van der Waals surface area contributed by atoms with Gasteiger partial charge in [0, 0.05) is 13.1 Å². The third-order valence-corrected chi connectivity index (χ3v) is 4.87. The highest BCUT2D eigenvalue weighted by Crippen LogP contribution is 2.22. The van der Waals surface area contributed by atoms with Gasteiger partial charge >= 0.3 is 0 Å². The van der Waals surface area contributed by atoms with Crippen molar-refractivity contribution in [2.45, 2.75) is 33.6 Å². The number of piperidine rings is 1. The molecule has 0 radical (unpaired) electrons. The Balaban J connectivity index is 1.68. The molecule has 3 heteroatoms. The Bertz CT molecular complexity index is 447. The van der Waals surface area contributed by atoms with Crippen LogP contribution in [0.5, 0.6) is 5.75 Å². The predicted molar refractivity (Wildman–Crippen MR) is 88.8 cm³/mol. The smallest absolute Gasteiger partial charge is 0.119 e. The first-order valence-electron chi connectivity index (χ1n) is 8.22. The number of hydrogen-bond acceptors (Lipinski definition) is 3. The van der Waals surface area contributed by atoms with Crippen LogP contribution in [0.1, 0.15) is 30.9 Å². The summed E-state index contributed by atoms with van der Waals surface area (Å²) in [5.74, 6) is 2.43. The first-order chi connectivity index (χ1) is 10.1. The molecule has 1 saturated heterocycles. The fourth-order valence-corrected chi connectivity index (χ4v) is 3.02. The number of rotatable bonds is 6. The molecule has 1 aromatic rings. The van der Waals surface area contributed by atoms with Crippen molar-refractivity contribution in [3.63, 3.8) is 0 Å². The lowest BCUT2D eigenvalue weighted by Crippen LogP contribution is -2.43. The van der Waals surface area contributed by atoms with Crippen LogP contribution in [-0.2, 0) is 0 Å². The van der Waals surface area contributed by atoms with Crippen LogP contribution in [0.4, 0.5) is 0 Å². The van der Waals surface area contributed by atoms with Crippen molar-refractivity contribution in [1.82, 2.24) is 4.90 Å². The average molecular weight is 290 g/mol. The number of likely N-dealkylation sites (tertiary alicyclic amines) is 1. The minimum absolute atomic E-state index is 0.666. The van der Waals surface area contributed by atoms with E-state index in [1.807, 2.05) is 0 Å². The maximum atomic E-state index is 5.86. The van der Waals surface area contributed by atoms with Crippen LogP contribution in [0.15, 0.2) is 18.2 Å². The van der Waals surface area contributed by atoms with Crippen molar-refractivity contribution in [3.8, 4) is 5.75 Å². The van der Waals surface area contributed by atoms with Gasteiger partial charge in [-0.3, -0.25) is 0 Å². The van der Waals surface area contributed by atoms with Gasteiger partial charge in [-0.2, -0.15) is 0 Å². The molecule has 1 fully saturated rings. The summed E-state index contributed by atoms with van der Waals surface area (Å²) in [5.41, 5.74) is 8.47. The maximum Gasteiger partial charge on any atom is 0.119 e. The van der Waals surface area contributed by atoms with Gasteiger partial charge in [0.25, 0.3) is 0 Å². The van der Waals surface area contributed by atoms with Gasteiger partial charge in [-0.15, -0.1) is 0 Å². The van der Waals surface area contributed by atoms with Gasteiger partial charge in [-0.05, 0) is 74.9 Å². The van der Waals surface area contributed by atoms with E-state index in [9.17, 15) is 0 Å². The zero-order valence-corrected chi connectivity index (χ0v) is 13.8. The molecule has 1 aliphatic rings. The van der Waals surface area contributed by atoms with E-state index in [4.69, 9.17) is 10.5 Å². The molecule has 0 saturated carbocycles. The average Bonchev–Trinajstić information content (AvgIpc) is 2.48. The summed E-state index contributed by atoms with van der Waals surface area (Å²) in [6.45, 7) is 11.7. The Kier molecular flexibility index (Phi) is 6.07. The van der Waals surface area contributed by atoms with Crippen LogP contribution >= 0.6 is 0 Å². The molecule has 21 heavy (non-hydrogen) atoms. The quantitative estimate of drug-likeness (QED) is 0.819. The molecule has 0 spiro atoms. The van der Waals surface area contributed by atoms with Gasteiger partial charge in [-0.1, -0.05) is 13.0 Å². The molecular weight excluding hydrogens is 260 g/mol. The summed E-state index contributed by atoms with van der Waals surface area (Å²) in [4.78, 5) is 2.54. The zero-order chi connectivity index (χ0) is 15.2. The first kappa shape index (κ1) is 16.3. The highest BCUT2D eigenvalue weighted by atomic mass is 16.5. The first-order valence-corrected chi connectivity index (χ1v) is 8.22. The lowest BCUT2D eigenvalue weighted by molar-refractivity contribution is 0.125. The second-order valence-corrected chi connectivity index (χ2v) is 6.51. The normalized spacial score (nSPS) is 23.2. The molecule has 1 aliphatic heterocycles.